The van der Waals surface area contributed by atoms with Crippen LogP contribution in [0.4, 0.5) is 4.39 Å². The van der Waals surface area contributed by atoms with Crippen LogP contribution in [0.15, 0.2) is 24.3 Å². The van der Waals surface area contributed by atoms with Crippen LogP contribution >= 0.6 is 0 Å². The average molecular weight is 290 g/mol. The van der Waals surface area contributed by atoms with E-state index in [-0.39, 0.29) is 24.0 Å². The molecule has 3 fully saturated rings. The minimum Gasteiger partial charge on any atom is -0.342 e. The van der Waals surface area contributed by atoms with Crippen molar-refractivity contribution in [1.82, 2.24) is 10.2 Å². The predicted molar refractivity (Wildman–Crippen MR) is 74.9 cm³/mol. The van der Waals surface area contributed by atoms with Gasteiger partial charge in [-0.25, -0.2) is 4.39 Å². The van der Waals surface area contributed by atoms with Crippen LogP contribution in [0.2, 0.25) is 0 Å². The van der Waals surface area contributed by atoms with Gasteiger partial charge in [0.1, 0.15) is 12.0 Å². The normalized spacial score (nSPS) is 30.9. The Kier molecular flexibility index (Phi) is 3.01. The standard InChI is InChI=1S/C16H19FN2O2/c17-12-3-1-2-11(10-12)13-4-5-14-19(13)15(20)16(21-14)6-8-18-9-7-16/h1-3,10,13-14,18H,4-9H2/t13-,14+/m0/s1. The summed E-state index contributed by atoms with van der Waals surface area (Å²) in [5.41, 5.74) is 0.238. The molecule has 3 aliphatic heterocycles. The number of hydrogen-bond donors (Lipinski definition) is 1. The molecule has 0 bridgehead atoms. The zero-order chi connectivity index (χ0) is 14.4. The lowest BCUT2D eigenvalue weighted by Gasteiger charge is -2.32. The minimum atomic E-state index is -0.637. The highest BCUT2D eigenvalue weighted by atomic mass is 19.1. The Labute approximate surface area is 123 Å². The number of benzene rings is 1. The molecular formula is C16H19FN2O2. The van der Waals surface area contributed by atoms with E-state index in [1.807, 2.05) is 11.0 Å². The molecule has 4 nitrogen and oxygen atoms in total. The molecule has 1 N–H and O–H groups in total. The lowest BCUT2D eigenvalue weighted by atomic mass is 9.90. The SMILES string of the molecule is O=C1N2[C@@H](CC[C@H]2c2cccc(F)c2)OC12CCNCC2. The van der Waals surface area contributed by atoms with Crippen molar-refractivity contribution >= 4 is 5.91 Å². The number of ether oxygens (including phenoxy) is 1. The molecule has 4 rings (SSSR count). The van der Waals surface area contributed by atoms with Crippen molar-refractivity contribution in [3.05, 3.63) is 35.6 Å². The highest BCUT2D eigenvalue weighted by Crippen LogP contribution is 2.46. The molecule has 21 heavy (non-hydrogen) atoms. The van der Waals surface area contributed by atoms with Crippen LogP contribution in [0.3, 0.4) is 0 Å². The summed E-state index contributed by atoms with van der Waals surface area (Å²) < 4.78 is 19.6. The second-order valence-electron chi connectivity index (χ2n) is 6.18. The van der Waals surface area contributed by atoms with Crippen LogP contribution in [0, 0.1) is 5.82 Å². The first-order valence-electron chi connectivity index (χ1n) is 7.66. The lowest BCUT2D eigenvalue weighted by Crippen LogP contribution is -2.49. The molecule has 1 amide bonds. The van der Waals surface area contributed by atoms with Gasteiger partial charge in [-0.2, -0.15) is 0 Å². The quantitative estimate of drug-likeness (QED) is 0.860. The highest BCUT2D eigenvalue weighted by Gasteiger charge is 2.57. The van der Waals surface area contributed by atoms with Crippen LogP contribution in [0.5, 0.6) is 0 Å². The molecule has 5 heteroatoms. The van der Waals surface area contributed by atoms with E-state index in [0.29, 0.717) is 0 Å². The molecule has 3 aliphatic rings. The summed E-state index contributed by atoms with van der Waals surface area (Å²) in [6, 6.07) is 6.53. The Balaban J connectivity index is 1.64. The number of hydrogen-bond acceptors (Lipinski definition) is 3. The van der Waals surface area contributed by atoms with Crippen molar-refractivity contribution in [3.8, 4) is 0 Å². The number of amides is 1. The van der Waals surface area contributed by atoms with Gasteiger partial charge in [0.2, 0.25) is 0 Å². The largest absolute Gasteiger partial charge is 0.342 e. The van der Waals surface area contributed by atoms with Crippen LogP contribution in [-0.2, 0) is 9.53 Å². The van der Waals surface area contributed by atoms with E-state index < -0.39 is 5.60 Å². The van der Waals surface area contributed by atoms with E-state index in [9.17, 15) is 9.18 Å². The maximum Gasteiger partial charge on any atom is 0.257 e. The number of halogens is 1. The third-order valence-corrected chi connectivity index (χ3v) is 4.96. The third kappa shape index (κ3) is 1.99. The third-order valence-electron chi connectivity index (χ3n) is 4.96. The Bertz CT molecular complexity index is 571. The van der Waals surface area contributed by atoms with E-state index in [1.54, 1.807) is 6.07 Å². The first-order valence-corrected chi connectivity index (χ1v) is 7.66. The summed E-state index contributed by atoms with van der Waals surface area (Å²) in [7, 11) is 0. The number of rotatable bonds is 1. The van der Waals surface area contributed by atoms with Crippen molar-refractivity contribution in [2.24, 2.45) is 0 Å². The molecular weight excluding hydrogens is 271 g/mol. The Morgan fingerprint density at radius 1 is 1.29 bits per heavy atom. The number of piperidine rings is 1. The first-order chi connectivity index (χ1) is 10.2. The van der Waals surface area contributed by atoms with E-state index in [0.717, 1.165) is 44.3 Å². The van der Waals surface area contributed by atoms with E-state index in [4.69, 9.17) is 4.74 Å². The molecule has 3 saturated heterocycles. The molecule has 0 saturated carbocycles. The number of carbonyl (C=O) groups is 1. The van der Waals surface area contributed by atoms with Gasteiger partial charge in [-0.05, 0) is 56.5 Å². The Morgan fingerprint density at radius 2 is 2.10 bits per heavy atom. The van der Waals surface area contributed by atoms with Crippen LogP contribution in [-0.4, -0.2) is 35.7 Å². The monoisotopic (exact) mass is 290 g/mol. The maximum atomic E-state index is 13.5. The van der Waals surface area contributed by atoms with Gasteiger partial charge in [0.15, 0.2) is 5.60 Å². The van der Waals surface area contributed by atoms with Gasteiger partial charge in [0.05, 0.1) is 6.04 Å². The summed E-state index contributed by atoms with van der Waals surface area (Å²) in [4.78, 5) is 14.8. The zero-order valence-corrected chi connectivity index (χ0v) is 11.8. The first kappa shape index (κ1) is 13.2. The molecule has 1 spiro atoms. The molecule has 2 atom stereocenters. The van der Waals surface area contributed by atoms with Crippen molar-refractivity contribution in [3.63, 3.8) is 0 Å². The van der Waals surface area contributed by atoms with Gasteiger partial charge >= 0.3 is 0 Å². The fourth-order valence-electron chi connectivity index (χ4n) is 3.92. The second kappa shape index (κ2) is 4.78. The van der Waals surface area contributed by atoms with Crippen molar-refractivity contribution in [2.75, 3.05) is 13.1 Å². The molecule has 1 aromatic carbocycles. The molecule has 0 aromatic heterocycles. The predicted octanol–water partition coefficient (Wildman–Crippen LogP) is 1.97. The molecule has 0 unspecified atom stereocenters. The second-order valence-corrected chi connectivity index (χ2v) is 6.18. The van der Waals surface area contributed by atoms with Gasteiger partial charge in [-0.3, -0.25) is 4.79 Å². The van der Waals surface area contributed by atoms with Crippen molar-refractivity contribution in [1.29, 1.82) is 0 Å². The van der Waals surface area contributed by atoms with E-state index >= 15 is 0 Å². The van der Waals surface area contributed by atoms with E-state index in [2.05, 4.69) is 5.32 Å². The smallest absolute Gasteiger partial charge is 0.257 e. The summed E-state index contributed by atoms with van der Waals surface area (Å²) in [6.45, 7) is 1.63. The molecule has 112 valence electrons. The molecule has 0 radical (unpaired) electrons. The van der Waals surface area contributed by atoms with E-state index in [1.165, 1.54) is 12.1 Å². The highest BCUT2D eigenvalue weighted by molar-refractivity contribution is 5.88. The van der Waals surface area contributed by atoms with Crippen LogP contribution < -0.4 is 5.32 Å². The zero-order valence-electron chi connectivity index (χ0n) is 11.8. The molecule has 1 aromatic rings. The topological polar surface area (TPSA) is 41.6 Å². The van der Waals surface area contributed by atoms with Gasteiger partial charge in [0.25, 0.3) is 5.91 Å². The fourth-order valence-corrected chi connectivity index (χ4v) is 3.92. The molecule has 3 heterocycles. The van der Waals surface area contributed by atoms with Gasteiger partial charge in [-0.1, -0.05) is 12.1 Å². The van der Waals surface area contributed by atoms with Gasteiger partial charge < -0.3 is 15.0 Å². The number of nitrogens with one attached hydrogen (secondary N) is 1. The van der Waals surface area contributed by atoms with Gasteiger partial charge in [0, 0.05) is 0 Å². The summed E-state index contributed by atoms with van der Waals surface area (Å²) in [6.07, 6.45) is 3.00. The number of nitrogens with zero attached hydrogens (tertiary/aromatic N) is 1. The van der Waals surface area contributed by atoms with Crippen LogP contribution in [0.25, 0.3) is 0 Å². The fraction of sp³-hybridized carbons (Fsp3) is 0.562. The maximum absolute atomic E-state index is 13.5. The summed E-state index contributed by atoms with van der Waals surface area (Å²) in [5, 5.41) is 3.27. The van der Waals surface area contributed by atoms with Crippen molar-refractivity contribution < 1.29 is 13.9 Å². The summed E-state index contributed by atoms with van der Waals surface area (Å²) >= 11 is 0. The van der Waals surface area contributed by atoms with Crippen LogP contribution in [0.1, 0.15) is 37.3 Å². The summed E-state index contributed by atoms with van der Waals surface area (Å²) in [5.74, 6) is -0.152. The number of carbonyl (C=O) groups excluding carboxylic acids is 1. The van der Waals surface area contributed by atoms with Crippen molar-refractivity contribution in [2.45, 2.75) is 43.6 Å². The molecule has 0 aliphatic carbocycles. The average Bonchev–Trinajstić information content (AvgIpc) is 3.00. The number of fused-ring (bicyclic) bond motifs is 1. The Hall–Kier alpha value is -1.46. The Morgan fingerprint density at radius 3 is 2.86 bits per heavy atom. The lowest BCUT2D eigenvalue weighted by molar-refractivity contribution is -0.140. The minimum absolute atomic E-state index is 0.0486. The van der Waals surface area contributed by atoms with Gasteiger partial charge in [-0.15, -0.1) is 0 Å².